The second-order valence-corrected chi connectivity index (χ2v) is 5.49. The first-order valence-corrected chi connectivity index (χ1v) is 7.46. The zero-order chi connectivity index (χ0) is 14.8. The molecule has 6 nitrogen and oxygen atoms in total. The molecule has 2 heterocycles. The topological polar surface area (TPSA) is 69.4 Å². The molecule has 0 bridgehead atoms. The van der Waals surface area contributed by atoms with E-state index in [-0.39, 0.29) is 5.97 Å². The van der Waals surface area contributed by atoms with Crippen LogP contribution in [0.4, 0.5) is 0 Å². The average molecular weight is 302 g/mol. The van der Waals surface area contributed by atoms with E-state index in [0.717, 1.165) is 5.56 Å². The van der Waals surface area contributed by atoms with Crippen molar-refractivity contribution >= 4 is 22.3 Å². The van der Waals surface area contributed by atoms with Crippen LogP contribution in [0.25, 0.3) is 16.3 Å². The van der Waals surface area contributed by atoms with Crippen LogP contribution in [0.3, 0.4) is 0 Å². The summed E-state index contributed by atoms with van der Waals surface area (Å²) in [5.74, 6) is -0.00634. The van der Waals surface area contributed by atoms with Crippen LogP contribution in [0.1, 0.15) is 24.8 Å². The first kappa shape index (κ1) is 13.7. The Morgan fingerprint density at radius 2 is 2.10 bits per heavy atom. The van der Waals surface area contributed by atoms with Crippen LogP contribution >= 0.6 is 11.3 Å². The fourth-order valence-corrected chi connectivity index (χ4v) is 2.82. The van der Waals surface area contributed by atoms with Crippen LogP contribution in [-0.2, 0) is 9.53 Å². The number of carbonyl (C=O) groups is 1. The molecule has 21 heavy (non-hydrogen) atoms. The predicted octanol–water partition coefficient (Wildman–Crippen LogP) is 2.52. The minimum atomic E-state index is -0.403. The Morgan fingerprint density at radius 1 is 1.33 bits per heavy atom. The van der Waals surface area contributed by atoms with Crippen LogP contribution in [-0.4, -0.2) is 32.4 Å². The highest BCUT2D eigenvalue weighted by Gasteiger charge is 2.23. The third kappa shape index (κ3) is 2.52. The number of ether oxygens (including phenoxy) is 1. The van der Waals surface area contributed by atoms with E-state index in [1.54, 1.807) is 18.4 Å². The number of esters is 1. The van der Waals surface area contributed by atoms with Crippen molar-refractivity contribution in [3.05, 3.63) is 35.3 Å². The number of fused-ring (bicyclic) bond motifs is 1. The van der Waals surface area contributed by atoms with Gasteiger partial charge in [-0.15, -0.1) is 10.2 Å². The third-order valence-corrected chi connectivity index (χ3v) is 4.13. The molecule has 7 heteroatoms. The van der Waals surface area contributed by atoms with Gasteiger partial charge in [0.25, 0.3) is 0 Å². The molecule has 1 aromatic carbocycles. The van der Waals surface area contributed by atoms with Crippen molar-refractivity contribution in [3.63, 3.8) is 0 Å². The molecule has 0 radical (unpaired) electrons. The van der Waals surface area contributed by atoms with Gasteiger partial charge in [0.1, 0.15) is 10.9 Å². The fraction of sp³-hybridized carbons (Fsp3) is 0.286. The molecular weight excluding hydrogens is 288 g/mol. The van der Waals surface area contributed by atoms with Crippen molar-refractivity contribution in [2.24, 2.45) is 0 Å². The Hall–Kier alpha value is -2.28. The van der Waals surface area contributed by atoms with Gasteiger partial charge in [0, 0.05) is 5.56 Å². The minimum Gasteiger partial charge on any atom is -0.465 e. The lowest BCUT2D eigenvalue weighted by atomic mass is 10.2. The quantitative estimate of drug-likeness (QED) is 0.693. The smallest absolute Gasteiger partial charge is 0.315 e. The maximum atomic E-state index is 11.8. The van der Waals surface area contributed by atoms with Gasteiger partial charge in [0.15, 0.2) is 5.82 Å². The van der Waals surface area contributed by atoms with Crippen molar-refractivity contribution in [1.82, 2.24) is 19.8 Å². The summed E-state index contributed by atoms with van der Waals surface area (Å²) in [5.41, 5.74) is 0.936. The molecule has 0 saturated carbocycles. The molecule has 0 N–H and O–H groups in total. The van der Waals surface area contributed by atoms with Gasteiger partial charge < -0.3 is 4.74 Å². The standard InChI is InChI=1S/C14H14N4O2S/c1-3-20-13(19)9(2)12-17-18-11(15-16-14(18)21-12)10-7-5-4-6-8-10/h4-9H,3H2,1-2H3. The molecule has 2 aromatic heterocycles. The molecule has 0 fully saturated rings. The molecule has 0 spiro atoms. The third-order valence-electron chi connectivity index (χ3n) is 3.05. The van der Waals surface area contributed by atoms with Crippen LogP contribution in [0, 0.1) is 0 Å². The highest BCUT2D eigenvalue weighted by Crippen LogP contribution is 2.26. The van der Waals surface area contributed by atoms with Gasteiger partial charge in [-0.1, -0.05) is 41.7 Å². The lowest BCUT2D eigenvalue weighted by molar-refractivity contribution is -0.144. The lowest BCUT2D eigenvalue weighted by Crippen LogP contribution is -2.13. The lowest BCUT2D eigenvalue weighted by Gasteiger charge is -2.06. The van der Waals surface area contributed by atoms with Crippen LogP contribution < -0.4 is 0 Å². The number of nitrogens with zero attached hydrogens (tertiary/aromatic N) is 4. The van der Waals surface area contributed by atoms with Crippen LogP contribution in [0.15, 0.2) is 30.3 Å². The van der Waals surface area contributed by atoms with E-state index in [4.69, 9.17) is 4.74 Å². The first-order valence-electron chi connectivity index (χ1n) is 6.65. The fourth-order valence-electron chi connectivity index (χ4n) is 1.94. The highest BCUT2D eigenvalue weighted by molar-refractivity contribution is 7.16. The molecule has 0 aliphatic rings. The largest absolute Gasteiger partial charge is 0.465 e. The second kappa shape index (κ2) is 5.61. The van der Waals surface area contributed by atoms with Crippen molar-refractivity contribution in [1.29, 1.82) is 0 Å². The number of benzene rings is 1. The molecule has 0 amide bonds. The van der Waals surface area contributed by atoms with Crippen LogP contribution in [0.5, 0.6) is 0 Å². The summed E-state index contributed by atoms with van der Waals surface area (Å²) < 4.78 is 6.70. The zero-order valence-electron chi connectivity index (χ0n) is 11.7. The molecule has 3 rings (SSSR count). The Balaban J connectivity index is 1.98. The van der Waals surface area contributed by atoms with Crippen molar-refractivity contribution in [2.75, 3.05) is 6.61 Å². The SMILES string of the molecule is CCOC(=O)C(C)c1nn2c(-c3ccccc3)nnc2s1. The summed E-state index contributed by atoms with van der Waals surface area (Å²) in [6.07, 6.45) is 0. The van der Waals surface area contributed by atoms with E-state index in [2.05, 4.69) is 15.3 Å². The number of aromatic nitrogens is 4. The van der Waals surface area contributed by atoms with Gasteiger partial charge in [0.2, 0.25) is 4.96 Å². The summed E-state index contributed by atoms with van der Waals surface area (Å²) in [6.45, 7) is 3.94. The van der Waals surface area contributed by atoms with Crippen molar-refractivity contribution in [2.45, 2.75) is 19.8 Å². The van der Waals surface area contributed by atoms with E-state index >= 15 is 0 Å². The zero-order valence-corrected chi connectivity index (χ0v) is 12.5. The molecule has 108 valence electrons. The van der Waals surface area contributed by atoms with Gasteiger partial charge in [-0.2, -0.15) is 9.61 Å². The van der Waals surface area contributed by atoms with E-state index in [1.807, 2.05) is 30.3 Å². The van der Waals surface area contributed by atoms with Crippen LogP contribution in [0.2, 0.25) is 0 Å². The Kier molecular flexibility index (Phi) is 3.66. The van der Waals surface area contributed by atoms with E-state index in [1.165, 1.54) is 11.3 Å². The Morgan fingerprint density at radius 3 is 2.81 bits per heavy atom. The van der Waals surface area contributed by atoms with Crippen molar-refractivity contribution in [3.8, 4) is 11.4 Å². The maximum absolute atomic E-state index is 11.8. The number of carbonyl (C=O) groups excluding carboxylic acids is 1. The number of hydrogen-bond donors (Lipinski definition) is 0. The Labute approximate surface area is 125 Å². The molecule has 0 saturated heterocycles. The first-order chi connectivity index (χ1) is 10.2. The molecule has 3 aromatic rings. The molecule has 0 aliphatic heterocycles. The summed E-state index contributed by atoms with van der Waals surface area (Å²) >= 11 is 1.35. The van der Waals surface area contributed by atoms with E-state index in [9.17, 15) is 4.79 Å². The van der Waals surface area contributed by atoms with Gasteiger partial charge in [0.05, 0.1) is 6.61 Å². The molecular formula is C14H14N4O2S. The maximum Gasteiger partial charge on any atom is 0.315 e. The monoisotopic (exact) mass is 302 g/mol. The average Bonchev–Trinajstić information content (AvgIpc) is 3.07. The van der Waals surface area contributed by atoms with Gasteiger partial charge >= 0.3 is 5.97 Å². The minimum absolute atomic E-state index is 0.274. The van der Waals surface area contributed by atoms with Gasteiger partial charge in [-0.05, 0) is 13.8 Å². The normalized spacial score (nSPS) is 12.5. The second-order valence-electron chi connectivity index (χ2n) is 4.50. The Bertz CT molecular complexity index is 766. The van der Waals surface area contributed by atoms with Gasteiger partial charge in [-0.25, -0.2) is 0 Å². The van der Waals surface area contributed by atoms with E-state index in [0.29, 0.717) is 22.4 Å². The predicted molar refractivity (Wildman–Crippen MR) is 79.1 cm³/mol. The molecule has 1 atom stereocenters. The van der Waals surface area contributed by atoms with Gasteiger partial charge in [-0.3, -0.25) is 4.79 Å². The van der Waals surface area contributed by atoms with Crippen molar-refractivity contribution < 1.29 is 9.53 Å². The molecule has 0 aliphatic carbocycles. The summed E-state index contributed by atoms with van der Waals surface area (Å²) in [5, 5.41) is 13.4. The highest BCUT2D eigenvalue weighted by atomic mass is 32.1. The number of hydrogen-bond acceptors (Lipinski definition) is 6. The summed E-state index contributed by atoms with van der Waals surface area (Å²) in [7, 11) is 0. The summed E-state index contributed by atoms with van der Waals surface area (Å²) in [4.78, 5) is 12.5. The molecule has 1 unspecified atom stereocenters. The van der Waals surface area contributed by atoms with E-state index < -0.39 is 5.92 Å². The summed E-state index contributed by atoms with van der Waals surface area (Å²) in [6, 6.07) is 9.71. The number of rotatable bonds is 4.